The number of ether oxygens (including phenoxy) is 2. The van der Waals surface area contributed by atoms with Crippen molar-refractivity contribution in [2.45, 2.75) is 89.9 Å². The van der Waals surface area contributed by atoms with Crippen LogP contribution in [0.15, 0.2) is 18.5 Å². The van der Waals surface area contributed by atoms with Crippen LogP contribution in [0.4, 0.5) is 10.6 Å². The minimum atomic E-state index is -0.486. The summed E-state index contributed by atoms with van der Waals surface area (Å²) in [6.45, 7) is 10.0. The van der Waals surface area contributed by atoms with Gasteiger partial charge in [-0.05, 0) is 98.6 Å². The number of alkyl carbamates (subject to hydrolysis) is 1. The summed E-state index contributed by atoms with van der Waals surface area (Å²) < 4.78 is 13.0. The van der Waals surface area contributed by atoms with Gasteiger partial charge in [0.1, 0.15) is 23.5 Å². The van der Waals surface area contributed by atoms with E-state index in [2.05, 4.69) is 57.8 Å². The first-order valence-corrected chi connectivity index (χ1v) is 12.6. The highest BCUT2D eigenvalue weighted by molar-refractivity contribution is 14.1. The molecular formula is C25H33IN4O3. The molecular weight excluding hydrogens is 531 g/mol. The zero-order valence-electron chi connectivity index (χ0n) is 20.0. The highest BCUT2D eigenvalue weighted by atomic mass is 127. The number of aromatic nitrogens is 2. The van der Waals surface area contributed by atoms with Crippen molar-refractivity contribution in [1.29, 1.82) is 0 Å². The van der Waals surface area contributed by atoms with E-state index in [9.17, 15) is 4.79 Å². The van der Waals surface area contributed by atoms with Crippen LogP contribution >= 0.6 is 22.6 Å². The van der Waals surface area contributed by atoms with Gasteiger partial charge in [0, 0.05) is 17.2 Å². The molecule has 0 saturated heterocycles. The second-order valence-electron chi connectivity index (χ2n) is 10.7. The quantitative estimate of drug-likeness (QED) is 0.486. The lowest BCUT2D eigenvalue weighted by Crippen LogP contribution is -2.42. The van der Waals surface area contributed by atoms with Crippen molar-refractivity contribution in [3.8, 4) is 17.0 Å². The molecule has 0 aliphatic heterocycles. The molecule has 4 rings (SSSR count). The van der Waals surface area contributed by atoms with Crippen LogP contribution in [0.25, 0.3) is 11.3 Å². The van der Waals surface area contributed by atoms with Crippen molar-refractivity contribution in [3.63, 3.8) is 0 Å². The first-order chi connectivity index (χ1) is 15.4. The molecule has 1 heterocycles. The lowest BCUT2D eigenvalue weighted by molar-refractivity contribution is 0.0470. The van der Waals surface area contributed by atoms with Gasteiger partial charge in [0.15, 0.2) is 0 Å². The maximum Gasteiger partial charge on any atom is 0.407 e. The molecule has 7 nitrogen and oxygen atoms in total. The van der Waals surface area contributed by atoms with Crippen LogP contribution in [-0.4, -0.2) is 33.8 Å². The van der Waals surface area contributed by atoms with Crippen LogP contribution in [0.3, 0.4) is 0 Å². The van der Waals surface area contributed by atoms with Crippen molar-refractivity contribution in [1.82, 2.24) is 15.3 Å². The molecule has 0 radical (unpaired) electrons. The predicted octanol–water partition coefficient (Wildman–Crippen LogP) is 5.38. The lowest BCUT2D eigenvalue weighted by Gasteiger charge is -2.35. The Hall–Kier alpha value is -2.10. The fourth-order valence-electron chi connectivity index (χ4n) is 4.87. The lowest BCUT2D eigenvalue weighted by atomic mass is 9.72. The van der Waals surface area contributed by atoms with E-state index in [1.165, 1.54) is 5.56 Å². The average molecular weight is 564 g/mol. The Morgan fingerprint density at radius 2 is 1.88 bits per heavy atom. The number of nitrogens with one attached hydrogen (secondary N) is 1. The summed E-state index contributed by atoms with van der Waals surface area (Å²) in [5.74, 6) is 1.47. The van der Waals surface area contributed by atoms with Crippen LogP contribution in [0.1, 0.15) is 71.4 Å². The molecule has 2 aliphatic carbocycles. The topological polar surface area (TPSA) is 99.4 Å². The zero-order valence-corrected chi connectivity index (χ0v) is 22.2. The SMILES string of the molecule is CC(C)(C)OC(=O)NC1CCC(Oc2ccc3c(c2I)CC(C)(C)c2c(N)ncnc2-3)CC1. The largest absolute Gasteiger partial charge is 0.489 e. The van der Waals surface area contributed by atoms with Crippen LogP contribution in [0.5, 0.6) is 5.75 Å². The highest BCUT2D eigenvalue weighted by Gasteiger charge is 2.36. The monoisotopic (exact) mass is 564 g/mol. The van der Waals surface area contributed by atoms with Gasteiger partial charge in [-0.25, -0.2) is 14.8 Å². The Morgan fingerprint density at radius 1 is 1.18 bits per heavy atom. The molecule has 1 fully saturated rings. The highest BCUT2D eigenvalue weighted by Crippen LogP contribution is 2.47. The van der Waals surface area contributed by atoms with Gasteiger partial charge in [-0.2, -0.15) is 0 Å². The van der Waals surface area contributed by atoms with Gasteiger partial charge in [-0.15, -0.1) is 0 Å². The standard InChI is InChI=1S/C25H33IN4O3/c1-24(2,3)33-23(31)30-14-6-8-15(9-7-14)32-18-11-10-16-17(20(18)26)12-25(4,5)19-21(16)28-13-29-22(19)27/h10-11,13-15H,6-9,12H2,1-5H3,(H,30,31)(H2,27,28,29). The molecule has 8 heteroatoms. The molecule has 0 bridgehead atoms. The van der Waals surface area contributed by atoms with Crippen molar-refractivity contribution < 1.29 is 14.3 Å². The Labute approximate surface area is 209 Å². The number of hydrogen-bond donors (Lipinski definition) is 2. The third kappa shape index (κ3) is 5.20. The van der Waals surface area contributed by atoms with E-state index in [4.69, 9.17) is 15.2 Å². The van der Waals surface area contributed by atoms with Gasteiger partial charge >= 0.3 is 6.09 Å². The Balaban J connectivity index is 1.45. The predicted molar refractivity (Wildman–Crippen MR) is 137 cm³/mol. The van der Waals surface area contributed by atoms with Crippen LogP contribution in [-0.2, 0) is 16.6 Å². The number of nitrogens with two attached hydrogens (primary N) is 1. The fraction of sp³-hybridized carbons (Fsp3) is 0.560. The number of nitrogens with zero attached hydrogens (tertiary/aromatic N) is 2. The van der Waals surface area contributed by atoms with E-state index in [1.807, 2.05) is 26.8 Å². The van der Waals surface area contributed by atoms with Gasteiger partial charge in [-0.3, -0.25) is 0 Å². The zero-order chi connectivity index (χ0) is 24.0. The molecule has 2 aromatic rings. The number of halogens is 1. The minimum Gasteiger partial charge on any atom is -0.489 e. The van der Waals surface area contributed by atoms with Crippen molar-refractivity contribution in [2.75, 3.05) is 5.73 Å². The number of anilines is 1. The number of carbonyl (C=O) groups excluding carboxylic acids is 1. The molecule has 0 spiro atoms. The number of rotatable bonds is 3. The number of benzene rings is 1. The van der Waals surface area contributed by atoms with Gasteiger partial charge in [0.2, 0.25) is 0 Å². The molecule has 0 unspecified atom stereocenters. The molecule has 1 aromatic carbocycles. The summed E-state index contributed by atoms with van der Waals surface area (Å²) >= 11 is 2.40. The molecule has 3 N–H and O–H groups in total. The second kappa shape index (κ2) is 8.92. The number of hydrogen-bond acceptors (Lipinski definition) is 6. The summed E-state index contributed by atoms with van der Waals surface area (Å²) in [6.07, 6.45) is 5.73. The van der Waals surface area contributed by atoms with Gasteiger partial charge < -0.3 is 20.5 Å². The van der Waals surface area contributed by atoms with Gasteiger partial charge in [-0.1, -0.05) is 13.8 Å². The molecule has 1 aromatic heterocycles. The fourth-order valence-corrected chi connectivity index (χ4v) is 5.65. The summed E-state index contributed by atoms with van der Waals surface area (Å²) in [5, 5.41) is 2.99. The van der Waals surface area contributed by atoms with E-state index in [1.54, 1.807) is 6.33 Å². The Morgan fingerprint density at radius 3 is 2.55 bits per heavy atom. The minimum absolute atomic E-state index is 0.129. The normalized spacial score (nSPS) is 21.5. The van der Waals surface area contributed by atoms with Crippen LogP contribution in [0, 0.1) is 3.57 Å². The van der Waals surface area contributed by atoms with Gasteiger partial charge in [0.05, 0.1) is 15.4 Å². The van der Waals surface area contributed by atoms with Crippen molar-refractivity contribution >= 4 is 34.5 Å². The van der Waals surface area contributed by atoms with E-state index in [0.29, 0.717) is 5.82 Å². The number of amides is 1. The van der Waals surface area contributed by atoms with Crippen molar-refractivity contribution in [2.24, 2.45) is 0 Å². The third-order valence-electron chi connectivity index (χ3n) is 6.32. The van der Waals surface area contributed by atoms with Gasteiger partial charge in [0.25, 0.3) is 0 Å². The molecule has 0 atom stereocenters. The molecule has 33 heavy (non-hydrogen) atoms. The Kier molecular flexibility index (Phi) is 6.50. The van der Waals surface area contributed by atoms with Crippen LogP contribution in [0.2, 0.25) is 0 Å². The van der Waals surface area contributed by atoms with E-state index >= 15 is 0 Å². The first kappa shape index (κ1) is 24.0. The summed E-state index contributed by atoms with van der Waals surface area (Å²) in [4.78, 5) is 20.9. The summed E-state index contributed by atoms with van der Waals surface area (Å²) in [5.41, 5.74) is 9.90. The smallest absolute Gasteiger partial charge is 0.407 e. The molecule has 1 saturated carbocycles. The molecule has 1 amide bonds. The number of nitrogen functional groups attached to an aromatic ring is 1. The van der Waals surface area contributed by atoms with Crippen LogP contribution < -0.4 is 15.8 Å². The van der Waals surface area contributed by atoms with E-state index in [0.717, 1.165) is 58.2 Å². The summed E-state index contributed by atoms with van der Waals surface area (Å²) in [6, 6.07) is 4.28. The first-order valence-electron chi connectivity index (χ1n) is 11.5. The number of fused-ring (bicyclic) bond motifs is 3. The van der Waals surface area contributed by atoms with E-state index in [-0.39, 0.29) is 23.7 Å². The molecule has 178 valence electrons. The number of carbonyl (C=O) groups is 1. The molecule has 2 aliphatic rings. The second-order valence-corrected chi connectivity index (χ2v) is 11.8. The Bertz CT molecular complexity index is 1060. The van der Waals surface area contributed by atoms with Crippen molar-refractivity contribution in [3.05, 3.63) is 33.2 Å². The summed E-state index contributed by atoms with van der Waals surface area (Å²) in [7, 11) is 0. The maximum atomic E-state index is 12.1. The third-order valence-corrected chi connectivity index (χ3v) is 7.51. The van der Waals surface area contributed by atoms with E-state index < -0.39 is 5.60 Å². The average Bonchev–Trinajstić information content (AvgIpc) is 2.70. The maximum absolute atomic E-state index is 12.1.